The summed E-state index contributed by atoms with van der Waals surface area (Å²) in [6.07, 6.45) is 0.967. The molecule has 0 unspecified atom stereocenters. The molecule has 78 valence electrons. The lowest BCUT2D eigenvalue weighted by Crippen LogP contribution is -1.91. The average molecular weight is 208 g/mol. The quantitative estimate of drug-likeness (QED) is 0.760. The van der Waals surface area contributed by atoms with Crippen LogP contribution in [0.4, 0.5) is 0 Å². The second-order valence-electron chi connectivity index (χ2n) is 3.53. The maximum absolute atomic E-state index is 8.82. The molecule has 2 nitrogen and oxygen atoms in total. The van der Waals surface area contributed by atoms with Gasteiger partial charge in [0.1, 0.15) is 11.8 Å². The van der Waals surface area contributed by atoms with Crippen LogP contribution in [0.3, 0.4) is 0 Å². The van der Waals surface area contributed by atoms with Gasteiger partial charge in [0.25, 0.3) is 0 Å². The molecular formula is C14H12N2. The number of hydrogen-bond donors (Lipinski definition) is 0. The van der Waals surface area contributed by atoms with Crippen molar-refractivity contribution in [2.45, 2.75) is 13.3 Å². The van der Waals surface area contributed by atoms with Crippen molar-refractivity contribution in [1.29, 1.82) is 5.26 Å². The van der Waals surface area contributed by atoms with E-state index in [4.69, 9.17) is 5.26 Å². The molecule has 1 aromatic heterocycles. The van der Waals surface area contributed by atoms with Crippen LogP contribution in [0.25, 0.3) is 11.3 Å². The first-order valence-corrected chi connectivity index (χ1v) is 5.30. The molecule has 0 atom stereocenters. The molecule has 0 radical (unpaired) electrons. The third-order valence-electron chi connectivity index (χ3n) is 2.54. The lowest BCUT2D eigenvalue weighted by Gasteiger charge is -2.06. The van der Waals surface area contributed by atoms with Gasteiger partial charge in [-0.15, -0.1) is 0 Å². The minimum Gasteiger partial charge on any atom is -0.237 e. The first-order valence-electron chi connectivity index (χ1n) is 5.30. The van der Waals surface area contributed by atoms with Crippen molar-refractivity contribution < 1.29 is 0 Å². The highest BCUT2D eigenvalue weighted by atomic mass is 14.7. The third kappa shape index (κ3) is 1.94. The van der Waals surface area contributed by atoms with Gasteiger partial charge < -0.3 is 0 Å². The maximum atomic E-state index is 8.82. The summed E-state index contributed by atoms with van der Waals surface area (Å²) in [4.78, 5) is 4.31. The third-order valence-corrected chi connectivity index (χ3v) is 2.54. The van der Waals surface area contributed by atoms with Gasteiger partial charge >= 0.3 is 0 Å². The van der Waals surface area contributed by atoms with Gasteiger partial charge in [-0.2, -0.15) is 5.26 Å². The van der Waals surface area contributed by atoms with E-state index in [-0.39, 0.29) is 0 Å². The highest BCUT2D eigenvalue weighted by Crippen LogP contribution is 2.22. The predicted molar refractivity (Wildman–Crippen MR) is 63.8 cm³/mol. The fourth-order valence-electron chi connectivity index (χ4n) is 1.73. The van der Waals surface area contributed by atoms with E-state index in [9.17, 15) is 0 Å². The molecule has 0 aliphatic heterocycles. The standard InChI is InChI=1S/C14H12N2/c1-2-11-6-3-4-8-13(11)14-9-5-7-12(10-15)16-14/h3-9H,2H2,1H3. The largest absolute Gasteiger partial charge is 0.237 e. The summed E-state index contributed by atoms with van der Waals surface area (Å²) in [6.45, 7) is 2.12. The van der Waals surface area contributed by atoms with Crippen LogP contribution in [0.1, 0.15) is 18.2 Å². The molecule has 0 N–H and O–H groups in total. The molecule has 0 aliphatic rings. The minimum atomic E-state index is 0.461. The Morgan fingerprint density at radius 1 is 1.12 bits per heavy atom. The van der Waals surface area contributed by atoms with E-state index in [0.717, 1.165) is 17.7 Å². The second kappa shape index (κ2) is 4.59. The van der Waals surface area contributed by atoms with Gasteiger partial charge in [-0.3, -0.25) is 0 Å². The van der Waals surface area contributed by atoms with Crippen LogP contribution in [0, 0.1) is 11.3 Å². The number of aryl methyl sites for hydroxylation is 1. The molecule has 2 aromatic rings. The Morgan fingerprint density at radius 2 is 1.94 bits per heavy atom. The summed E-state index contributed by atoms with van der Waals surface area (Å²) in [5.41, 5.74) is 3.70. The Balaban J connectivity index is 2.54. The molecule has 0 saturated heterocycles. The molecule has 2 heteroatoms. The van der Waals surface area contributed by atoms with Crippen molar-refractivity contribution in [1.82, 2.24) is 4.98 Å². The van der Waals surface area contributed by atoms with Gasteiger partial charge in [0.15, 0.2) is 0 Å². The summed E-state index contributed by atoms with van der Waals surface area (Å²) in [5, 5.41) is 8.82. The summed E-state index contributed by atoms with van der Waals surface area (Å²) < 4.78 is 0. The molecule has 0 bridgehead atoms. The first-order chi connectivity index (χ1) is 7.85. The van der Waals surface area contributed by atoms with Crippen molar-refractivity contribution in [2.24, 2.45) is 0 Å². The number of aromatic nitrogens is 1. The van der Waals surface area contributed by atoms with Crippen LogP contribution >= 0.6 is 0 Å². The molecule has 0 spiro atoms. The van der Waals surface area contributed by atoms with Gasteiger partial charge in [0.2, 0.25) is 0 Å². The molecule has 0 saturated carbocycles. The zero-order valence-corrected chi connectivity index (χ0v) is 9.14. The van der Waals surface area contributed by atoms with E-state index >= 15 is 0 Å². The molecule has 1 heterocycles. The summed E-state index contributed by atoms with van der Waals surface area (Å²) in [5.74, 6) is 0. The van der Waals surface area contributed by atoms with Crippen molar-refractivity contribution in [2.75, 3.05) is 0 Å². The molecule has 2 rings (SSSR count). The molecule has 0 amide bonds. The van der Waals surface area contributed by atoms with Crippen LogP contribution in [-0.4, -0.2) is 4.98 Å². The lowest BCUT2D eigenvalue weighted by molar-refractivity contribution is 1.13. The maximum Gasteiger partial charge on any atom is 0.141 e. The fraction of sp³-hybridized carbons (Fsp3) is 0.143. The van der Waals surface area contributed by atoms with Gasteiger partial charge in [0, 0.05) is 5.56 Å². The zero-order valence-electron chi connectivity index (χ0n) is 9.14. The van der Waals surface area contributed by atoms with E-state index in [1.54, 1.807) is 6.07 Å². The topological polar surface area (TPSA) is 36.7 Å². The molecular weight excluding hydrogens is 196 g/mol. The van der Waals surface area contributed by atoms with E-state index in [0.29, 0.717) is 5.69 Å². The van der Waals surface area contributed by atoms with Crippen LogP contribution in [0.2, 0.25) is 0 Å². The number of rotatable bonds is 2. The molecule has 1 aromatic carbocycles. The van der Waals surface area contributed by atoms with E-state index in [2.05, 4.69) is 24.0 Å². The number of nitriles is 1. The minimum absolute atomic E-state index is 0.461. The first kappa shape index (κ1) is 10.4. The Bertz CT molecular complexity index is 538. The van der Waals surface area contributed by atoms with E-state index < -0.39 is 0 Å². The Morgan fingerprint density at radius 3 is 2.69 bits per heavy atom. The van der Waals surface area contributed by atoms with Gasteiger partial charge in [-0.25, -0.2) is 4.98 Å². The average Bonchev–Trinajstić information content (AvgIpc) is 2.38. The second-order valence-corrected chi connectivity index (χ2v) is 3.53. The van der Waals surface area contributed by atoms with Crippen LogP contribution in [-0.2, 0) is 6.42 Å². The normalized spacial score (nSPS) is 9.75. The fourth-order valence-corrected chi connectivity index (χ4v) is 1.73. The molecule has 0 fully saturated rings. The predicted octanol–water partition coefficient (Wildman–Crippen LogP) is 3.18. The van der Waals surface area contributed by atoms with Crippen LogP contribution < -0.4 is 0 Å². The van der Waals surface area contributed by atoms with Gasteiger partial charge in [0.05, 0.1) is 5.69 Å². The van der Waals surface area contributed by atoms with Gasteiger partial charge in [-0.1, -0.05) is 37.3 Å². The molecule has 16 heavy (non-hydrogen) atoms. The number of pyridine rings is 1. The van der Waals surface area contributed by atoms with Gasteiger partial charge in [-0.05, 0) is 24.1 Å². The highest BCUT2D eigenvalue weighted by molar-refractivity contribution is 5.64. The Kier molecular flexibility index (Phi) is 2.98. The highest BCUT2D eigenvalue weighted by Gasteiger charge is 2.04. The Hall–Kier alpha value is -2.14. The number of nitrogens with zero attached hydrogens (tertiary/aromatic N) is 2. The summed E-state index contributed by atoms with van der Waals surface area (Å²) in [7, 11) is 0. The summed E-state index contributed by atoms with van der Waals surface area (Å²) >= 11 is 0. The van der Waals surface area contributed by atoms with Crippen LogP contribution in [0.15, 0.2) is 42.5 Å². The van der Waals surface area contributed by atoms with Crippen LogP contribution in [0.5, 0.6) is 0 Å². The van der Waals surface area contributed by atoms with E-state index in [1.165, 1.54) is 5.56 Å². The monoisotopic (exact) mass is 208 g/mol. The number of hydrogen-bond acceptors (Lipinski definition) is 2. The SMILES string of the molecule is CCc1ccccc1-c1cccc(C#N)n1. The smallest absolute Gasteiger partial charge is 0.141 e. The van der Waals surface area contributed by atoms with Crippen molar-refractivity contribution in [3.8, 4) is 17.3 Å². The number of benzene rings is 1. The van der Waals surface area contributed by atoms with Crippen molar-refractivity contribution in [3.63, 3.8) is 0 Å². The van der Waals surface area contributed by atoms with E-state index in [1.807, 2.05) is 30.3 Å². The lowest BCUT2D eigenvalue weighted by atomic mass is 10.0. The van der Waals surface area contributed by atoms with Crippen molar-refractivity contribution >= 4 is 0 Å². The summed E-state index contributed by atoms with van der Waals surface area (Å²) in [6, 6.07) is 15.7. The zero-order chi connectivity index (χ0) is 11.4. The molecule has 0 aliphatic carbocycles. The Labute approximate surface area is 95.2 Å². The van der Waals surface area contributed by atoms with Crippen molar-refractivity contribution in [3.05, 3.63) is 53.7 Å².